The standard InChI is InChI=1S/C15H16BrNO2/c1-17-10-11-3-4-12(16)9-15(11)19-14-7-5-13(18-2)6-8-14/h3-9,17H,10H2,1-2H3. The minimum Gasteiger partial charge on any atom is -0.497 e. The molecule has 0 saturated carbocycles. The molecular formula is C15H16BrNO2. The summed E-state index contributed by atoms with van der Waals surface area (Å²) in [4.78, 5) is 0. The van der Waals surface area contributed by atoms with E-state index < -0.39 is 0 Å². The predicted molar refractivity (Wildman–Crippen MR) is 80.0 cm³/mol. The van der Waals surface area contributed by atoms with Crippen LogP contribution in [0.4, 0.5) is 0 Å². The van der Waals surface area contributed by atoms with Gasteiger partial charge in [0.1, 0.15) is 17.2 Å². The molecule has 0 unspecified atom stereocenters. The number of benzene rings is 2. The largest absolute Gasteiger partial charge is 0.497 e. The molecule has 0 radical (unpaired) electrons. The van der Waals surface area contributed by atoms with Crippen LogP contribution in [-0.2, 0) is 6.54 Å². The van der Waals surface area contributed by atoms with E-state index in [1.54, 1.807) is 7.11 Å². The lowest BCUT2D eigenvalue weighted by molar-refractivity contribution is 0.412. The molecule has 1 N–H and O–H groups in total. The Bertz CT molecular complexity index is 540. The van der Waals surface area contributed by atoms with E-state index >= 15 is 0 Å². The van der Waals surface area contributed by atoms with Gasteiger partial charge in [0.2, 0.25) is 0 Å². The van der Waals surface area contributed by atoms with E-state index in [-0.39, 0.29) is 0 Å². The van der Waals surface area contributed by atoms with Gasteiger partial charge in [-0.25, -0.2) is 0 Å². The lowest BCUT2D eigenvalue weighted by Gasteiger charge is -2.12. The van der Waals surface area contributed by atoms with Crippen molar-refractivity contribution >= 4 is 15.9 Å². The van der Waals surface area contributed by atoms with Gasteiger partial charge in [0.05, 0.1) is 7.11 Å². The van der Waals surface area contributed by atoms with Gasteiger partial charge in [-0.3, -0.25) is 0 Å². The fourth-order valence-corrected chi connectivity index (χ4v) is 2.07. The summed E-state index contributed by atoms with van der Waals surface area (Å²) in [6, 6.07) is 13.6. The van der Waals surface area contributed by atoms with Gasteiger partial charge in [0.25, 0.3) is 0 Å². The summed E-state index contributed by atoms with van der Waals surface area (Å²) in [7, 11) is 3.56. The van der Waals surface area contributed by atoms with E-state index in [0.29, 0.717) is 0 Å². The van der Waals surface area contributed by atoms with Crippen LogP contribution < -0.4 is 14.8 Å². The Kier molecular flexibility index (Phi) is 4.82. The van der Waals surface area contributed by atoms with E-state index in [4.69, 9.17) is 9.47 Å². The molecule has 0 atom stereocenters. The van der Waals surface area contributed by atoms with Crippen LogP contribution >= 0.6 is 15.9 Å². The third kappa shape index (κ3) is 3.72. The second-order valence-corrected chi connectivity index (χ2v) is 4.98. The van der Waals surface area contributed by atoms with Crippen LogP contribution in [0.25, 0.3) is 0 Å². The first-order chi connectivity index (χ1) is 9.22. The summed E-state index contributed by atoms with van der Waals surface area (Å²) in [6.45, 7) is 0.763. The van der Waals surface area contributed by atoms with Gasteiger partial charge in [0.15, 0.2) is 0 Å². The normalized spacial score (nSPS) is 10.3. The maximum atomic E-state index is 5.92. The smallest absolute Gasteiger partial charge is 0.133 e. The molecular weight excluding hydrogens is 306 g/mol. The van der Waals surface area contributed by atoms with Crippen molar-refractivity contribution in [1.82, 2.24) is 5.32 Å². The highest BCUT2D eigenvalue weighted by molar-refractivity contribution is 9.10. The molecule has 0 saturated heterocycles. The SMILES string of the molecule is CNCc1ccc(Br)cc1Oc1ccc(OC)cc1. The molecule has 0 aliphatic heterocycles. The first kappa shape index (κ1) is 13.9. The zero-order chi connectivity index (χ0) is 13.7. The van der Waals surface area contributed by atoms with Crippen LogP contribution in [0.15, 0.2) is 46.9 Å². The quantitative estimate of drug-likeness (QED) is 0.903. The van der Waals surface area contributed by atoms with Crippen molar-refractivity contribution in [2.75, 3.05) is 14.2 Å². The fourth-order valence-electron chi connectivity index (χ4n) is 1.73. The lowest BCUT2D eigenvalue weighted by atomic mass is 10.2. The molecule has 0 heterocycles. The molecule has 4 heteroatoms. The van der Waals surface area contributed by atoms with Crippen molar-refractivity contribution in [2.45, 2.75) is 6.54 Å². The number of methoxy groups -OCH3 is 1. The van der Waals surface area contributed by atoms with E-state index in [1.165, 1.54) is 0 Å². The molecule has 2 aromatic carbocycles. The summed E-state index contributed by atoms with van der Waals surface area (Å²) < 4.78 is 12.0. The number of rotatable bonds is 5. The van der Waals surface area contributed by atoms with Gasteiger partial charge in [0, 0.05) is 16.6 Å². The Labute approximate surface area is 121 Å². The summed E-state index contributed by atoms with van der Waals surface area (Å²) in [5.74, 6) is 2.45. The number of nitrogens with one attached hydrogen (secondary N) is 1. The van der Waals surface area contributed by atoms with E-state index in [0.717, 1.165) is 33.8 Å². The lowest BCUT2D eigenvalue weighted by Crippen LogP contribution is -2.06. The molecule has 2 aromatic rings. The molecule has 2 rings (SSSR count). The van der Waals surface area contributed by atoms with E-state index in [1.807, 2.05) is 49.5 Å². The Morgan fingerprint density at radius 3 is 2.37 bits per heavy atom. The maximum Gasteiger partial charge on any atom is 0.133 e. The summed E-state index contributed by atoms with van der Waals surface area (Å²) in [5.41, 5.74) is 1.11. The first-order valence-corrected chi connectivity index (χ1v) is 6.77. The van der Waals surface area contributed by atoms with Gasteiger partial charge >= 0.3 is 0 Å². The third-order valence-electron chi connectivity index (χ3n) is 2.68. The van der Waals surface area contributed by atoms with Crippen molar-refractivity contribution in [3.63, 3.8) is 0 Å². The van der Waals surface area contributed by atoms with Gasteiger partial charge < -0.3 is 14.8 Å². The minimum absolute atomic E-state index is 0.763. The number of hydrogen-bond acceptors (Lipinski definition) is 3. The van der Waals surface area contributed by atoms with Crippen LogP contribution in [0.5, 0.6) is 17.2 Å². The second kappa shape index (κ2) is 6.59. The average molecular weight is 322 g/mol. The highest BCUT2D eigenvalue weighted by Crippen LogP contribution is 2.29. The molecule has 19 heavy (non-hydrogen) atoms. The van der Waals surface area contributed by atoms with Crippen LogP contribution in [-0.4, -0.2) is 14.2 Å². The molecule has 0 amide bonds. The molecule has 0 aromatic heterocycles. The number of ether oxygens (including phenoxy) is 2. The van der Waals surface area contributed by atoms with Crippen LogP contribution in [0.1, 0.15) is 5.56 Å². The Balaban J connectivity index is 2.23. The number of hydrogen-bond donors (Lipinski definition) is 1. The molecule has 3 nitrogen and oxygen atoms in total. The summed E-state index contributed by atoms with van der Waals surface area (Å²) >= 11 is 3.46. The summed E-state index contributed by atoms with van der Waals surface area (Å²) in [6.07, 6.45) is 0. The molecule has 100 valence electrons. The molecule has 0 bridgehead atoms. The van der Waals surface area contributed by atoms with Gasteiger partial charge in [-0.15, -0.1) is 0 Å². The molecule has 0 aliphatic carbocycles. The van der Waals surface area contributed by atoms with Crippen molar-refractivity contribution in [3.8, 4) is 17.2 Å². The zero-order valence-corrected chi connectivity index (χ0v) is 12.5. The van der Waals surface area contributed by atoms with Gasteiger partial charge in [-0.05, 0) is 43.4 Å². The minimum atomic E-state index is 0.763. The van der Waals surface area contributed by atoms with Crippen molar-refractivity contribution in [1.29, 1.82) is 0 Å². The fraction of sp³-hybridized carbons (Fsp3) is 0.200. The maximum absolute atomic E-state index is 5.92. The Hall–Kier alpha value is -1.52. The Morgan fingerprint density at radius 2 is 1.74 bits per heavy atom. The monoisotopic (exact) mass is 321 g/mol. The highest BCUT2D eigenvalue weighted by atomic mass is 79.9. The van der Waals surface area contributed by atoms with Crippen LogP contribution in [0.2, 0.25) is 0 Å². The van der Waals surface area contributed by atoms with Gasteiger partial charge in [-0.1, -0.05) is 22.0 Å². The average Bonchev–Trinajstić information content (AvgIpc) is 2.43. The topological polar surface area (TPSA) is 30.5 Å². The summed E-state index contributed by atoms with van der Waals surface area (Å²) in [5, 5.41) is 3.13. The van der Waals surface area contributed by atoms with Crippen molar-refractivity contribution in [3.05, 3.63) is 52.5 Å². The number of halogens is 1. The first-order valence-electron chi connectivity index (χ1n) is 5.98. The van der Waals surface area contributed by atoms with Crippen molar-refractivity contribution in [2.24, 2.45) is 0 Å². The van der Waals surface area contributed by atoms with Crippen LogP contribution in [0.3, 0.4) is 0 Å². The molecule has 0 aliphatic rings. The van der Waals surface area contributed by atoms with E-state index in [2.05, 4.69) is 21.2 Å². The molecule has 0 spiro atoms. The highest BCUT2D eigenvalue weighted by Gasteiger charge is 2.05. The predicted octanol–water partition coefficient (Wildman–Crippen LogP) is 3.97. The van der Waals surface area contributed by atoms with E-state index in [9.17, 15) is 0 Å². The zero-order valence-electron chi connectivity index (χ0n) is 10.9. The van der Waals surface area contributed by atoms with Crippen LogP contribution in [0, 0.1) is 0 Å². The van der Waals surface area contributed by atoms with Gasteiger partial charge in [-0.2, -0.15) is 0 Å². The Morgan fingerprint density at radius 1 is 1.05 bits per heavy atom. The van der Waals surface area contributed by atoms with Crippen molar-refractivity contribution < 1.29 is 9.47 Å². The third-order valence-corrected chi connectivity index (χ3v) is 3.18. The second-order valence-electron chi connectivity index (χ2n) is 4.06. The molecule has 0 fully saturated rings.